The first-order valence-electron chi connectivity index (χ1n) is 9.95. The van der Waals surface area contributed by atoms with Gasteiger partial charge in [-0.3, -0.25) is 0 Å². The molecular weight excluding hydrogens is 447 g/mol. The Morgan fingerprint density at radius 2 is 1.42 bits per heavy atom. The number of methoxy groups -OCH3 is 4. The number of rotatable bonds is 9. The molecule has 3 rings (SSSR count). The molecule has 0 fully saturated rings. The average Bonchev–Trinajstić information content (AvgIpc) is 2.82. The molecule has 0 aromatic heterocycles. The second kappa shape index (κ2) is 10.4. The van der Waals surface area contributed by atoms with Crippen LogP contribution < -0.4 is 18.9 Å². The quantitative estimate of drug-likeness (QED) is 0.408. The van der Waals surface area contributed by atoms with Crippen molar-refractivity contribution in [2.75, 3.05) is 28.4 Å². The van der Waals surface area contributed by atoms with Crippen LogP contribution in [0.5, 0.6) is 23.0 Å². The molecule has 33 heavy (non-hydrogen) atoms. The van der Waals surface area contributed by atoms with Gasteiger partial charge in [0.15, 0.2) is 32.9 Å². The first-order chi connectivity index (χ1) is 15.8. The highest BCUT2D eigenvalue weighted by atomic mass is 32.2. The molecule has 0 bridgehead atoms. The van der Waals surface area contributed by atoms with Crippen molar-refractivity contribution in [3.63, 3.8) is 0 Å². The van der Waals surface area contributed by atoms with Crippen LogP contribution >= 0.6 is 0 Å². The predicted octanol–water partition coefficient (Wildman–Crippen LogP) is 5.00. The lowest BCUT2D eigenvalue weighted by molar-refractivity contribution is 0.324. The summed E-state index contributed by atoms with van der Waals surface area (Å²) >= 11 is 0. The van der Waals surface area contributed by atoms with Crippen molar-refractivity contribution in [1.82, 2.24) is 0 Å². The van der Waals surface area contributed by atoms with Crippen molar-refractivity contribution in [3.05, 3.63) is 77.1 Å². The normalized spacial score (nSPS) is 11.4. The van der Waals surface area contributed by atoms with Crippen LogP contribution in [-0.4, -0.2) is 36.9 Å². The predicted molar refractivity (Wildman–Crippen MR) is 125 cm³/mol. The Kier molecular flexibility index (Phi) is 7.60. The molecule has 0 spiro atoms. The van der Waals surface area contributed by atoms with Crippen molar-refractivity contribution in [3.8, 4) is 23.0 Å². The van der Waals surface area contributed by atoms with E-state index in [0.717, 1.165) is 11.6 Å². The molecule has 0 radical (unpaired) electrons. The van der Waals surface area contributed by atoms with Crippen LogP contribution in [0.4, 0.5) is 4.39 Å². The van der Waals surface area contributed by atoms with Crippen LogP contribution in [0.2, 0.25) is 0 Å². The van der Waals surface area contributed by atoms with E-state index in [1.54, 1.807) is 30.3 Å². The topological polar surface area (TPSA) is 71.1 Å². The van der Waals surface area contributed by atoms with Crippen LogP contribution in [0.1, 0.15) is 16.7 Å². The molecule has 174 valence electrons. The molecule has 0 saturated carbocycles. The van der Waals surface area contributed by atoms with Gasteiger partial charge in [-0.15, -0.1) is 0 Å². The number of sulfone groups is 1. The van der Waals surface area contributed by atoms with Crippen LogP contribution in [0, 0.1) is 5.82 Å². The first-order valence-corrected chi connectivity index (χ1v) is 11.6. The van der Waals surface area contributed by atoms with Crippen LogP contribution in [-0.2, 0) is 15.6 Å². The summed E-state index contributed by atoms with van der Waals surface area (Å²) in [5.41, 5.74) is 2.07. The maximum Gasteiger partial charge on any atom is 0.203 e. The van der Waals surface area contributed by atoms with Gasteiger partial charge in [0.05, 0.1) is 39.1 Å². The smallest absolute Gasteiger partial charge is 0.203 e. The van der Waals surface area contributed by atoms with E-state index in [0.29, 0.717) is 28.4 Å². The molecule has 0 N–H and O–H groups in total. The third-order valence-electron chi connectivity index (χ3n) is 5.03. The minimum atomic E-state index is -3.78. The first kappa shape index (κ1) is 24.1. The third kappa shape index (κ3) is 5.46. The second-order valence-corrected chi connectivity index (χ2v) is 9.04. The molecular formula is C25H25FO6S. The molecule has 6 nitrogen and oxygen atoms in total. The molecule has 0 amide bonds. The SMILES string of the molecule is COc1ccc(S(=O)(=O)Cc2ccccc2/C=C\c2cc(OC)c(OC)c(OC)c2)cc1F. The number of benzene rings is 3. The summed E-state index contributed by atoms with van der Waals surface area (Å²) in [5.74, 6) is 0.476. The lowest BCUT2D eigenvalue weighted by atomic mass is 10.1. The van der Waals surface area contributed by atoms with Crippen molar-refractivity contribution in [1.29, 1.82) is 0 Å². The van der Waals surface area contributed by atoms with Gasteiger partial charge in [-0.2, -0.15) is 0 Å². The highest BCUT2D eigenvalue weighted by Gasteiger charge is 2.19. The number of halogens is 1. The summed E-state index contributed by atoms with van der Waals surface area (Å²) in [4.78, 5) is -0.107. The molecule has 0 saturated heterocycles. The Balaban J connectivity index is 1.93. The van der Waals surface area contributed by atoms with Crippen molar-refractivity contribution >= 4 is 22.0 Å². The van der Waals surface area contributed by atoms with Gasteiger partial charge in [0.25, 0.3) is 0 Å². The Hall–Kier alpha value is -3.52. The van der Waals surface area contributed by atoms with Crippen LogP contribution in [0.3, 0.4) is 0 Å². The van der Waals surface area contributed by atoms with E-state index < -0.39 is 15.7 Å². The highest BCUT2D eigenvalue weighted by Crippen LogP contribution is 2.38. The van der Waals surface area contributed by atoms with Gasteiger partial charge in [-0.25, -0.2) is 12.8 Å². The Labute approximate surface area is 193 Å². The Morgan fingerprint density at radius 3 is 2.00 bits per heavy atom. The molecule has 0 atom stereocenters. The summed E-state index contributed by atoms with van der Waals surface area (Å²) in [6.07, 6.45) is 3.63. The molecule has 3 aromatic rings. The summed E-state index contributed by atoms with van der Waals surface area (Å²) in [5, 5.41) is 0. The van der Waals surface area contributed by atoms with Crippen molar-refractivity contribution < 1.29 is 31.8 Å². The van der Waals surface area contributed by atoms with Gasteiger partial charge in [0.2, 0.25) is 5.75 Å². The lowest BCUT2D eigenvalue weighted by Gasteiger charge is -2.13. The van der Waals surface area contributed by atoms with Crippen molar-refractivity contribution in [2.24, 2.45) is 0 Å². The minimum absolute atomic E-state index is 0.0115. The molecule has 0 aliphatic carbocycles. The standard InChI is InChI=1S/C25H25FO6S/c1-29-22-12-11-20(15-21(22)26)33(27,28)16-19-8-6-5-7-18(19)10-9-17-13-23(30-2)25(32-4)24(14-17)31-3/h5-15H,16H2,1-4H3/b10-9-. The molecule has 3 aromatic carbocycles. The van der Waals surface area contributed by atoms with Gasteiger partial charge >= 0.3 is 0 Å². The maximum atomic E-state index is 14.1. The second-order valence-electron chi connectivity index (χ2n) is 7.05. The Bertz CT molecular complexity index is 1240. The van der Waals surface area contributed by atoms with E-state index in [-0.39, 0.29) is 16.4 Å². The summed E-state index contributed by atoms with van der Waals surface area (Å²) in [6, 6.07) is 14.3. The largest absolute Gasteiger partial charge is 0.494 e. The highest BCUT2D eigenvalue weighted by molar-refractivity contribution is 7.90. The maximum absolute atomic E-state index is 14.1. The van der Waals surface area contributed by atoms with E-state index in [1.165, 1.54) is 40.6 Å². The fourth-order valence-corrected chi connectivity index (χ4v) is 4.74. The van der Waals surface area contributed by atoms with Crippen LogP contribution in [0.15, 0.2) is 59.5 Å². The molecule has 0 unspecified atom stereocenters. The van der Waals surface area contributed by atoms with E-state index in [1.807, 2.05) is 18.2 Å². The van der Waals surface area contributed by atoms with Crippen LogP contribution in [0.25, 0.3) is 12.2 Å². The van der Waals surface area contributed by atoms with Gasteiger partial charge in [0, 0.05) is 0 Å². The van der Waals surface area contributed by atoms with Gasteiger partial charge in [0.1, 0.15) is 0 Å². The molecule has 8 heteroatoms. The van der Waals surface area contributed by atoms with E-state index in [9.17, 15) is 12.8 Å². The zero-order valence-corrected chi connectivity index (χ0v) is 19.6. The van der Waals surface area contributed by atoms with E-state index in [4.69, 9.17) is 18.9 Å². The minimum Gasteiger partial charge on any atom is -0.494 e. The monoisotopic (exact) mass is 472 g/mol. The van der Waals surface area contributed by atoms with E-state index >= 15 is 0 Å². The average molecular weight is 473 g/mol. The lowest BCUT2D eigenvalue weighted by Crippen LogP contribution is -2.07. The third-order valence-corrected chi connectivity index (χ3v) is 6.69. The van der Waals surface area contributed by atoms with E-state index in [2.05, 4.69) is 0 Å². The number of ether oxygens (including phenoxy) is 4. The van der Waals surface area contributed by atoms with Gasteiger partial charge in [-0.1, -0.05) is 36.4 Å². The van der Waals surface area contributed by atoms with Crippen molar-refractivity contribution in [2.45, 2.75) is 10.6 Å². The molecule has 0 heterocycles. The Morgan fingerprint density at radius 1 is 0.788 bits per heavy atom. The fraction of sp³-hybridized carbons (Fsp3) is 0.200. The zero-order valence-electron chi connectivity index (χ0n) is 18.8. The number of hydrogen-bond donors (Lipinski definition) is 0. The fourth-order valence-electron chi connectivity index (χ4n) is 3.34. The zero-order chi connectivity index (χ0) is 24.0. The van der Waals surface area contributed by atoms with Gasteiger partial charge < -0.3 is 18.9 Å². The summed E-state index contributed by atoms with van der Waals surface area (Å²) in [7, 11) is 2.14. The summed E-state index contributed by atoms with van der Waals surface area (Å²) < 4.78 is 60.9. The molecule has 0 aliphatic rings. The number of hydrogen-bond acceptors (Lipinski definition) is 6. The molecule has 0 aliphatic heterocycles. The summed E-state index contributed by atoms with van der Waals surface area (Å²) in [6.45, 7) is 0. The van der Waals surface area contributed by atoms with Gasteiger partial charge in [-0.05, 0) is 47.0 Å².